The van der Waals surface area contributed by atoms with Crippen molar-refractivity contribution in [2.75, 3.05) is 38.7 Å². The molecule has 0 bridgehead atoms. The van der Waals surface area contributed by atoms with E-state index in [0.717, 1.165) is 61.7 Å². The maximum Gasteiger partial charge on any atom is 0.320 e. The first-order chi connectivity index (χ1) is 17.5. The van der Waals surface area contributed by atoms with Gasteiger partial charge in [-0.15, -0.1) is 0 Å². The van der Waals surface area contributed by atoms with Crippen molar-refractivity contribution in [3.8, 4) is 5.69 Å². The Morgan fingerprint density at radius 2 is 1.81 bits per heavy atom. The van der Waals surface area contributed by atoms with Gasteiger partial charge in [-0.2, -0.15) is 5.10 Å². The number of urea groups is 1. The monoisotopic (exact) mass is 487 g/mol. The summed E-state index contributed by atoms with van der Waals surface area (Å²) < 4.78 is 7.21. The lowest BCUT2D eigenvalue weighted by atomic mass is 9.76. The fourth-order valence-corrected chi connectivity index (χ4v) is 5.73. The van der Waals surface area contributed by atoms with E-state index < -0.39 is 0 Å². The van der Waals surface area contributed by atoms with Crippen LogP contribution in [0.2, 0.25) is 0 Å². The Kier molecular flexibility index (Phi) is 7.12. The summed E-state index contributed by atoms with van der Waals surface area (Å²) in [7, 11) is 1.73. The van der Waals surface area contributed by atoms with Crippen LogP contribution in [0.3, 0.4) is 0 Å². The molecule has 36 heavy (non-hydrogen) atoms. The summed E-state index contributed by atoms with van der Waals surface area (Å²) in [6, 6.07) is 20.4. The molecular formula is C29H37N5O2. The highest BCUT2D eigenvalue weighted by molar-refractivity contribution is 5.90. The number of carbonyl (C=O) groups is 1. The largest absolute Gasteiger partial charge is 0.383 e. The average molecular weight is 488 g/mol. The van der Waals surface area contributed by atoms with Gasteiger partial charge in [0.15, 0.2) is 0 Å². The number of ether oxygens (including phenoxy) is 1. The smallest absolute Gasteiger partial charge is 0.320 e. The van der Waals surface area contributed by atoms with Crippen molar-refractivity contribution in [2.45, 2.75) is 50.5 Å². The summed E-state index contributed by atoms with van der Waals surface area (Å²) in [6.07, 6.45) is 3.10. The van der Waals surface area contributed by atoms with Crippen molar-refractivity contribution >= 4 is 11.8 Å². The standard InChI is InChI=1S/C29H37N5O2/c1-29(2)16-10-15-23-26(29)32-34(22-13-8-5-9-14-22)27(23)31-28(35)30-25-20-33(17-18-36-3)19-24(25)21-11-6-4-7-12-21/h4-9,11-14,24-25H,10,15-20H2,1-3H3,(H2,30,31,35)/t24-,25+/m0/s1. The average Bonchev–Trinajstić information content (AvgIpc) is 3.46. The lowest BCUT2D eigenvalue weighted by molar-refractivity contribution is 0.159. The molecule has 3 aromatic rings. The van der Waals surface area contributed by atoms with Crippen molar-refractivity contribution in [3.63, 3.8) is 0 Å². The third-order valence-corrected chi connectivity index (χ3v) is 7.64. The van der Waals surface area contributed by atoms with Gasteiger partial charge in [0.2, 0.25) is 0 Å². The molecule has 2 aromatic carbocycles. The van der Waals surface area contributed by atoms with E-state index in [0.29, 0.717) is 6.61 Å². The van der Waals surface area contributed by atoms with E-state index in [1.165, 1.54) is 5.56 Å². The number of methoxy groups -OCH3 is 1. The van der Waals surface area contributed by atoms with Gasteiger partial charge in [-0.05, 0) is 37.0 Å². The number of carbonyl (C=O) groups excluding carboxylic acids is 1. The molecule has 1 aliphatic heterocycles. The zero-order valence-corrected chi connectivity index (χ0v) is 21.5. The van der Waals surface area contributed by atoms with Crippen LogP contribution >= 0.6 is 0 Å². The number of hydrogen-bond donors (Lipinski definition) is 2. The van der Waals surface area contributed by atoms with Crippen LogP contribution in [0.5, 0.6) is 0 Å². The number of likely N-dealkylation sites (tertiary alicyclic amines) is 1. The van der Waals surface area contributed by atoms with Crippen molar-refractivity contribution < 1.29 is 9.53 Å². The van der Waals surface area contributed by atoms with Crippen LogP contribution in [0.1, 0.15) is 49.4 Å². The highest BCUT2D eigenvalue weighted by Gasteiger charge is 2.37. The minimum atomic E-state index is -0.183. The first kappa shape index (κ1) is 24.5. The number of benzene rings is 2. The molecule has 0 unspecified atom stereocenters. The van der Waals surface area contributed by atoms with E-state index in [-0.39, 0.29) is 23.4 Å². The number of nitrogens with one attached hydrogen (secondary N) is 2. The lowest BCUT2D eigenvalue weighted by Crippen LogP contribution is -2.42. The molecule has 2 atom stereocenters. The normalized spacial score (nSPS) is 21.2. The molecule has 1 aliphatic carbocycles. The number of aromatic nitrogens is 2. The summed E-state index contributed by atoms with van der Waals surface area (Å²) in [5.41, 5.74) is 4.41. The number of rotatable bonds is 7. The number of amides is 2. The zero-order valence-electron chi connectivity index (χ0n) is 21.5. The minimum Gasteiger partial charge on any atom is -0.383 e. The summed E-state index contributed by atoms with van der Waals surface area (Å²) in [5, 5.41) is 11.5. The molecule has 5 rings (SSSR count). The van der Waals surface area contributed by atoms with Crippen LogP contribution in [-0.4, -0.2) is 60.1 Å². The van der Waals surface area contributed by atoms with Gasteiger partial charge < -0.3 is 10.1 Å². The van der Waals surface area contributed by atoms with Gasteiger partial charge in [-0.1, -0.05) is 62.4 Å². The van der Waals surface area contributed by atoms with Gasteiger partial charge in [0, 0.05) is 43.6 Å². The molecule has 7 heteroatoms. The summed E-state index contributed by atoms with van der Waals surface area (Å²) in [5.74, 6) is 1.01. The van der Waals surface area contributed by atoms with Gasteiger partial charge in [0.1, 0.15) is 5.82 Å². The molecule has 7 nitrogen and oxygen atoms in total. The molecule has 1 aromatic heterocycles. The molecule has 190 valence electrons. The van der Waals surface area contributed by atoms with Crippen LogP contribution in [-0.2, 0) is 16.6 Å². The highest BCUT2D eigenvalue weighted by atomic mass is 16.5. The second-order valence-corrected chi connectivity index (χ2v) is 10.6. The van der Waals surface area contributed by atoms with Crippen LogP contribution in [0.25, 0.3) is 5.69 Å². The molecule has 0 radical (unpaired) electrons. The Bertz CT molecular complexity index is 1180. The molecule has 1 saturated heterocycles. The molecule has 2 aliphatic rings. The summed E-state index contributed by atoms with van der Waals surface area (Å²) in [6.45, 7) is 7.70. The fraction of sp³-hybridized carbons (Fsp3) is 0.448. The van der Waals surface area contributed by atoms with Crippen molar-refractivity contribution in [2.24, 2.45) is 0 Å². The summed E-state index contributed by atoms with van der Waals surface area (Å²) in [4.78, 5) is 15.9. The quantitative estimate of drug-likeness (QED) is 0.506. The van der Waals surface area contributed by atoms with Gasteiger partial charge in [-0.25, -0.2) is 9.48 Å². The van der Waals surface area contributed by atoms with Crippen molar-refractivity contribution in [3.05, 3.63) is 77.5 Å². The fourth-order valence-electron chi connectivity index (χ4n) is 5.73. The molecule has 0 spiro atoms. The number of nitrogens with zero attached hydrogens (tertiary/aromatic N) is 3. The van der Waals surface area contributed by atoms with Crippen molar-refractivity contribution in [1.82, 2.24) is 20.0 Å². The van der Waals surface area contributed by atoms with Crippen LogP contribution in [0.4, 0.5) is 10.6 Å². The van der Waals surface area contributed by atoms with Crippen LogP contribution < -0.4 is 10.6 Å². The Morgan fingerprint density at radius 3 is 2.53 bits per heavy atom. The Morgan fingerprint density at radius 1 is 1.08 bits per heavy atom. The van der Waals surface area contributed by atoms with Crippen molar-refractivity contribution in [1.29, 1.82) is 0 Å². The first-order valence-corrected chi connectivity index (χ1v) is 13.0. The van der Waals surface area contributed by atoms with E-state index in [1.54, 1.807) is 7.11 Å². The highest BCUT2D eigenvalue weighted by Crippen LogP contribution is 2.40. The second kappa shape index (κ2) is 10.4. The van der Waals surface area contributed by atoms with Gasteiger partial charge in [0.05, 0.1) is 24.0 Å². The zero-order chi connectivity index (χ0) is 25.1. The van der Waals surface area contributed by atoms with E-state index in [9.17, 15) is 4.79 Å². The third-order valence-electron chi connectivity index (χ3n) is 7.64. The number of hydrogen-bond acceptors (Lipinski definition) is 4. The second-order valence-electron chi connectivity index (χ2n) is 10.6. The molecule has 2 N–H and O–H groups in total. The lowest BCUT2D eigenvalue weighted by Gasteiger charge is -2.28. The topological polar surface area (TPSA) is 71.4 Å². The van der Waals surface area contributed by atoms with E-state index in [4.69, 9.17) is 9.84 Å². The van der Waals surface area contributed by atoms with E-state index >= 15 is 0 Å². The van der Waals surface area contributed by atoms with Gasteiger partial charge in [0.25, 0.3) is 0 Å². The maximum absolute atomic E-state index is 13.5. The predicted molar refractivity (Wildman–Crippen MR) is 143 cm³/mol. The maximum atomic E-state index is 13.5. The Balaban J connectivity index is 1.40. The minimum absolute atomic E-state index is 0.00428. The van der Waals surface area contributed by atoms with Gasteiger partial charge in [-0.3, -0.25) is 10.2 Å². The molecule has 2 heterocycles. The van der Waals surface area contributed by atoms with Crippen LogP contribution in [0.15, 0.2) is 60.7 Å². The predicted octanol–water partition coefficient (Wildman–Crippen LogP) is 4.72. The molecule has 2 amide bonds. The molecular weight excluding hydrogens is 450 g/mol. The Labute approximate surface area is 213 Å². The molecule has 1 fully saturated rings. The number of fused-ring (bicyclic) bond motifs is 1. The molecule has 0 saturated carbocycles. The summed E-state index contributed by atoms with van der Waals surface area (Å²) >= 11 is 0. The third kappa shape index (κ3) is 5.04. The SMILES string of the molecule is COCCN1C[C@@H](NC(=O)Nc2c3c(nn2-c2ccccc2)C(C)(C)CCC3)[C@H](c2ccccc2)C1. The Hall–Kier alpha value is -3.16. The number of para-hydroxylation sites is 1. The van der Waals surface area contributed by atoms with E-state index in [1.807, 2.05) is 41.1 Å². The first-order valence-electron chi connectivity index (χ1n) is 13.0. The van der Waals surface area contributed by atoms with E-state index in [2.05, 4.69) is 53.6 Å². The van der Waals surface area contributed by atoms with Gasteiger partial charge >= 0.3 is 6.03 Å². The van der Waals surface area contributed by atoms with Crippen LogP contribution in [0, 0.1) is 0 Å². The number of anilines is 1.